The van der Waals surface area contributed by atoms with Gasteiger partial charge in [0.15, 0.2) is 5.78 Å². The smallest absolute Gasteiger partial charge is 0.319 e. The number of amides is 2. The number of carbonyl (C=O) groups is 2. The van der Waals surface area contributed by atoms with Gasteiger partial charge in [0, 0.05) is 26.0 Å². The van der Waals surface area contributed by atoms with E-state index in [-0.39, 0.29) is 11.8 Å². The molecule has 0 aliphatic rings. The molecule has 0 fully saturated rings. The summed E-state index contributed by atoms with van der Waals surface area (Å²) in [7, 11) is 0. The van der Waals surface area contributed by atoms with E-state index in [1.807, 2.05) is 11.4 Å². The maximum absolute atomic E-state index is 11.8. The van der Waals surface area contributed by atoms with Gasteiger partial charge in [-0.15, -0.1) is 11.3 Å². The highest BCUT2D eigenvalue weighted by Gasteiger charge is 2.05. The summed E-state index contributed by atoms with van der Waals surface area (Å²) in [6.45, 7) is 1.96. The third kappa shape index (κ3) is 4.18. The van der Waals surface area contributed by atoms with Crippen LogP contribution in [0.25, 0.3) is 0 Å². The van der Waals surface area contributed by atoms with Crippen molar-refractivity contribution in [1.29, 1.82) is 0 Å². The van der Waals surface area contributed by atoms with Gasteiger partial charge in [-0.05, 0) is 41.1 Å². The molecule has 0 saturated carbocycles. The molecule has 4 nitrogen and oxygen atoms in total. The fourth-order valence-corrected chi connectivity index (χ4v) is 3.00. The third-order valence-electron chi connectivity index (χ3n) is 2.57. The van der Waals surface area contributed by atoms with E-state index in [9.17, 15) is 9.59 Å². The molecule has 0 spiro atoms. The lowest BCUT2D eigenvalue weighted by Crippen LogP contribution is -2.27. The number of thiophene rings is 1. The average Bonchev–Trinajstić information content (AvgIpc) is 2.82. The van der Waals surface area contributed by atoms with E-state index in [4.69, 9.17) is 0 Å². The van der Waals surface area contributed by atoms with E-state index in [1.54, 1.807) is 35.6 Å². The standard InChI is InChI=1S/C14H13BrN2O2S/c1-9(18)10-3-2-4-12(5-10)17-14(19)16-7-13-6-11(15)8-20-13/h2-6,8H,7H2,1H3,(H2,16,17,19). The normalized spacial score (nSPS) is 10.1. The van der Waals surface area contributed by atoms with Crippen LogP contribution in [0.1, 0.15) is 22.2 Å². The second-order valence-corrected chi connectivity index (χ2v) is 6.09. The lowest BCUT2D eigenvalue weighted by atomic mass is 10.1. The fourth-order valence-electron chi connectivity index (χ4n) is 1.61. The Morgan fingerprint density at radius 1 is 1.30 bits per heavy atom. The topological polar surface area (TPSA) is 58.2 Å². The van der Waals surface area contributed by atoms with Gasteiger partial charge in [-0.1, -0.05) is 12.1 Å². The summed E-state index contributed by atoms with van der Waals surface area (Å²) in [5.74, 6) is -0.0301. The average molecular weight is 353 g/mol. The quantitative estimate of drug-likeness (QED) is 0.816. The van der Waals surface area contributed by atoms with Crippen LogP contribution in [0, 0.1) is 0 Å². The molecule has 1 aromatic heterocycles. The Morgan fingerprint density at radius 2 is 2.10 bits per heavy atom. The zero-order valence-electron chi connectivity index (χ0n) is 10.8. The highest BCUT2D eigenvalue weighted by atomic mass is 79.9. The summed E-state index contributed by atoms with van der Waals surface area (Å²) < 4.78 is 1.01. The maximum Gasteiger partial charge on any atom is 0.319 e. The van der Waals surface area contributed by atoms with Gasteiger partial charge in [0.05, 0.1) is 6.54 Å². The number of rotatable bonds is 4. The van der Waals surface area contributed by atoms with Crippen molar-refractivity contribution in [3.63, 3.8) is 0 Å². The molecule has 1 aromatic carbocycles. The monoisotopic (exact) mass is 352 g/mol. The van der Waals surface area contributed by atoms with Crippen LogP contribution in [0.2, 0.25) is 0 Å². The Bertz CT molecular complexity index is 640. The number of benzene rings is 1. The summed E-state index contributed by atoms with van der Waals surface area (Å²) in [6.07, 6.45) is 0. The SMILES string of the molecule is CC(=O)c1cccc(NC(=O)NCc2cc(Br)cs2)c1. The van der Waals surface area contributed by atoms with Crippen molar-refractivity contribution in [3.05, 3.63) is 50.6 Å². The van der Waals surface area contributed by atoms with Gasteiger partial charge in [-0.2, -0.15) is 0 Å². The van der Waals surface area contributed by atoms with Gasteiger partial charge in [-0.25, -0.2) is 4.79 Å². The number of ketones is 1. The fraction of sp³-hybridized carbons (Fsp3) is 0.143. The number of halogens is 1. The Morgan fingerprint density at radius 3 is 2.75 bits per heavy atom. The molecule has 0 aliphatic carbocycles. The van der Waals surface area contributed by atoms with Crippen molar-refractivity contribution >= 4 is 44.8 Å². The minimum Gasteiger partial charge on any atom is -0.333 e. The van der Waals surface area contributed by atoms with Gasteiger partial charge in [0.2, 0.25) is 0 Å². The number of urea groups is 1. The van der Waals surface area contributed by atoms with Crippen molar-refractivity contribution < 1.29 is 9.59 Å². The highest BCUT2D eigenvalue weighted by molar-refractivity contribution is 9.10. The van der Waals surface area contributed by atoms with Crippen LogP contribution in [0.3, 0.4) is 0 Å². The second kappa shape index (κ2) is 6.67. The molecule has 6 heteroatoms. The zero-order chi connectivity index (χ0) is 14.5. The molecule has 0 unspecified atom stereocenters. The first-order valence-corrected chi connectivity index (χ1v) is 7.60. The van der Waals surface area contributed by atoms with Gasteiger partial charge in [0.1, 0.15) is 0 Å². The van der Waals surface area contributed by atoms with Gasteiger partial charge < -0.3 is 10.6 Å². The predicted octanol–water partition coefficient (Wildman–Crippen LogP) is 4.03. The van der Waals surface area contributed by atoms with Crippen LogP contribution in [-0.4, -0.2) is 11.8 Å². The summed E-state index contributed by atoms with van der Waals surface area (Å²) >= 11 is 4.93. The van der Waals surface area contributed by atoms with E-state index >= 15 is 0 Å². The molecule has 0 radical (unpaired) electrons. The maximum atomic E-state index is 11.8. The summed E-state index contributed by atoms with van der Waals surface area (Å²) in [5, 5.41) is 7.43. The van der Waals surface area contributed by atoms with Crippen LogP contribution in [-0.2, 0) is 6.54 Å². The van der Waals surface area contributed by atoms with Crippen LogP contribution in [0.4, 0.5) is 10.5 Å². The Balaban J connectivity index is 1.91. The minimum atomic E-state index is -0.296. The molecule has 0 aliphatic heterocycles. The van der Waals surface area contributed by atoms with E-state index in [0.29, 0.717) is 17.8 Å². The van der Waals surface area contributed by atoms with Crippen molar-refractivity contribution in [3.8, 4) is 0 Å². The minimum absolute atomic E-state index is 0.0301. The van der Waals surface area contributed by atoms with Crippen molar-refractivity contribution in [2.45, 2.75) is 13.5 Å². The van der Waals surface area contributed by atoms with E-state index in [0.717, 1.165) is 9.35 Å². The second-order valence-electron chi connectivity index (χ2n) is 4.18. The molecular weight excluding hydrogens is 340 g/mol. The summed E-state index contributed by atoms with van der Waals surface area (Å²) in [5.41, 5.74) is 1.17. The molecular formula is C14H13BrN2O2S. The molecule has 0 bridgehead atoms. The number of nitrogens with one attached hydrogen (secondary N) is 2. The molecule has 2 amide bonds. The third-order valence-corrected chi connectivity index (χ3v) is 4.27. The number of carbonyl (C=O) groups excluding carboxylic acids is 2. The predicted molar refractivity (Wildman–Crippen MR) is 84.3 cm³/mol. The Labute approximate surface area is 129 Å². The van der Waals surface area contributed by atoms with Crippen LogP contribution < -0.4 is 10.6 Å². The summed E-state index contributed by atoms with van der Waals surface area (Å²) in [4.78, 5) is 24.1. The van der Waals surface area contributed by atoms with Gasteiger partial charge in [0.25, 0.3) is 0 Å². The van der Waals surface area contributed by atoms with E-state index in [1.165, 1.54) is 6.92 Å². The lowest BCUT2D eigenvalue weighted by molar-refractivity contribution is 0.101. The molecule has 2 aromatic rings. The lowest BCUT2D eigenvalue weighted by Gasteiger charge is -2.07. The van der Waals surface area contributed by atoms with Crippen molar-refractivity contribution in [2.75, 3.05) is 5.32 Å². The Hall–Kier alpha value is -1.66. The van der Waals surface area contributed by atoms with Crippen LogP contribution in [0.5, 0.6) is 0 Å². The number of hydrogen-bond acceptors (Lipinski definition) is 3. The molecule has 2 rings (SSSR count). The molecule has 2 N–H and O–H groups in total. The van der Waals surface area contributed by atoms with Crippen molar-refractivity contribution in [2.24, 2.45) is 0 Å². The zero-order valence-corrected chi connectivity index (χ0v) is 13.2. The molecule has 20 heavy (non-hydrogen) atoms. The molecule has 0 saturated heterocycles. The number of anilines is 1. The molecule has 1 heterocycles. The molecule has 104 valence electrons. The first kappa shape index (κ1) is 14.7. The Kier molecular flexibility index (Phi) is 4.92. The largest absolute Gasteiger partial charge is 0.333 e. The van der Waals surface area contributed by atoms with E-state index in [2.05, 4.69) is 26.6 Å². The van der Waals surface area contributed by atoms with Gasteiger partial charge in [-0.3, -0.25) is 4.79 Å². The number of Topliss-reactive ketones (excluding diaryl/α,β-unsaturated/α-hetero) is 1. The summed E-state index contributed by atoms with van der Waals surface area (Å²) in [6, 6.07) is 8.52. The first-order valence-electron chi connectivity index (χ1n) is 5.93. The van der Waals surface area contributed by atoms with Gasteiger partial charge >= 0.3 is 6.03 Å². The number of hydrogen-bond donors (Lipinski definition) is 2. The first-order chi connectivity index (χ1) is 9.54. The van der Waals surface area contributed by atoms with Crippen molar-refractivity contribution in [1.82, 2.24) is 5.32 Å². The molecule has 0 atom stereocenters. The van der Waals surface area contributed by atoms with Crippen LogP contribution in [0.15, 0.2) is 40.2 Å². The van der Waals surface area contributed by atoms with Crippen LogP contribution >= 0.6 is 27.3 Å². The highest BCUT2D eigenvalue weighted by Crippen LogP contribution is 2.19. The van der Waals surface area contributed by atoms with E-state index < -0.39 is 0 Å².